The Balaban J connectivity index is 1.84. The molecule has 1 atom stereocenters. The average Bonchev–Trinajstić information content (AvgIpc) is 3.22. The number of thiazole rings is 1. The number of rotatable bonds is 9. The van der Waals surface area contributed by atoms with Gasteiger partial charge in [-0.15, -0.1) is 11.3 Å². The molecule has 0 spiro atoms. The first-order valence-electron chi connectivity index (χ1n) is 9.92. The zero-order valence-corrected chi connectivity index (χ0v) is 18.2. The third-order valence-electron chi connectivity index (χ3n) is 4.46. The molecule has 0 saturated carbocycles. The van der Waals surface area contributed by atoms with Crippen LogP contribution in [-0.2, 0) is 13.0 Å². The molecule has 0 radical (unpaired) electrons. The summed E-state index contributed by atoms with van der Waals surface area (Å²) >= 11 is 1.60. The minimum absolute atomic E-state index is 0.0398. The van der Waals surface area contributed by atoms with E-state index in [9.17, 15) is 4.79 Å². The van der Waals surface area contributed by atoms with Gasteiger partial charge in [-0.3, -0.25) is 14.8 Å². The summed E-state index contributed by atoms with van der Waals surface area (Å²) < 4.78 is 5.93. The second kappa shape index (κ2) is 10.3. The summed E-state index contributed by atoms with van der Waals surface area (Å²) in [7, 11) is 0. The molecule has 2 aromatic heterocycles. The van der Waals surface area contributed by atoms with Gasteiger partial charge in [-0.2, -0.15) is 0 Å². The SMILES string of the molecule is CCc1cnc(-c2cc(O[C@H](C)CCO)cc(C(=O)NCc3cnc(C)cn3)c2)s1. The van der Waals surface area contributed by atoms with Gasteiger partial charge in [0.25, 0.3) is 5.91 Å². The molecule has 0 aliphatic rings. The minimum atomic E-state index is -0.230. The maximum atomic E-state index is 12.8. The highest BCUT2D eigenvalue weighted by atomic mass is 32.1. The summed E-state index contributed by atoms with van der Waals surface area (Å²) in [6.45, 7) is 6.16. The van der Waals surface area contributed by atoms with Crippen molar-refractivity contribution in [2.45, 2.75) is 46.3 Å². The van der Waals surface area contributed by atoms with E-state index < -0.39 is 0 Å². The summed E-state index contributed by atoms with van der Waals surface area (Å²) in [5.41, 5.74) is 2.82. The fourth-order valence-corrected chi connectivity index (χ4v) is 3.62. The van der Waals surface area contributed by atoms with Crippen molar-refractivity contribution < 1.29 is 14.6 Å². The molecule has 3 rings (SSSR count). The molecule has 1 aromatic carbocycles. The van der Waals surface area contributed by atoms with E-state index in [1.807, 2.05) is 32.2 Å². The predicted octanol–water partition coefficient (Wildman–Crippen LogP) is 3.55. The Bertz CT molecular complexity index is 988. The van der Waals surface area contributed by atoms with E-state index in [-0.39, 0.29) is 25.2 Å². The second-order valence-electron chi connectivity index (χ2n) is 7.00. The van der Waals surface area contributed by atoms with E-state index in [0.717, 1.165) is 22.7 Å². The van der Waals surface area contributed by atoms with E-state index in [1.165, 1.54) is 4.88 Å². The van der Waals surface area contributed by atoms with Crippen LogP contribution < -0.4 is 10.1 Å². The Kier molecular flexibility index (Phi) is 7.48. The van der Waals surface area contributed by atoms with E-state index in [1.54, 1.807) is 29.8 Å². The van der Waals surface area contributed by atoms with E-state index in [4.69, 9.17) is 9.84 Å². The number of carbonyl (C=O) groups is 1. The zero-order chi connectivity index (χ0) is 21.5. The fourth-order valence-electron chi connectivity index (χ4n) is 2.78. The zero-order valence-electron chi connectivity index (χ0n) is 17.4. The van der Waals surface area contributed by atoms with Crippen LogP contribution in [-0.4, -0.2) is 38.7 Å². The van der Waals surface area contributed by atoms with E-state index >= 15 is 0 Å². The van der Waals surface area contributed by atoms with Gasteiger partial charge in [-0.05, 0) is 38.5 Å². The van der Waals surface area contributed by atoms with Crippen molar-refractivity contribution in [1.82, 2.24) is 20.3 Å². The van der Waals surface area contributed by atoms with Gasteiger partial charge in [0.1, 0.15) is 10.8 Å². The Hall–Kier alpha value is -2.84. The van der Waals surface area contributed by atoms with Crippen molar-refractivity contribution in [1.29, 1.82) is 0 Å². The molecule has 2 heterocycles. The molecule has 0 bridgehead atoms. The quantitative estimate of drug-likeness (QED) is 0.543. The molecule has 158 valence electrons. The first-order valence-corrected chi connectivity index (χ1v) is 10.7. The summed E-state index contributed by atoms with van der Waals surface area (Å²) in [5, 5.41) is 12.9. The maximum absolute atomic E-state index is 12.8. The number of ether oxygens (including phenoxy) is 1. The molecule has 30 heavy (non-hydrogen) atoms. The Morgan fingerprint density at radius 2 is 2.03 bits per heavy atom. The number of nitrogens with one attached hydrogen (secondary N) is 1. The van der Waals surface area contributed by atoms with Crippen LogP contribution in [0.25, 0.3) is 10.6 Å². The number of aliphatic hydroxyl groups is 1. The number of hydrogen-bond acceptors (Lipinski definition) is 7. The van der Waals surface area contributed by atoms with Crippen molar-refractivity contribution in [2.75, 3.05) is 6.61 Å². The number of hydrogen-bond donors (Lipinski definition) is 2. The first-order chi connectivity index (χ1) is 14.5. The van der Waals surface area contributed by atoms with Gasteiger partial charge in [-0.25, -0.2) is 4.98 Å². The van der Waals surface area contributed by atoms with Crippen LogP contribution in [0.15, 0.2) is 36.8 Å². The Morgan fingerprint density at radius 3 is 2.70 bits per heavy atom. The van der Waals surface area contributed by atoms with Crippen molar-refractivity contribution in [3.63, 3.8) is 0 Å². The molecular weight excluding hydrogens is 400 g/mol. The van der Waals surface area contributed by atoms with Gasteiger partial charge in [0.2, 0.25) is 0 Å². The lowest BCUT2D eigenvalue weighted by molar-refractivity contribution is 0.0949. The molecule has 0 unspecified atom stereocenters. The first kappa shape index (κ1) is 21.9. The second-order valence-corrected chi connectivity index (χ2v) is 8.12. The summed E-state index contributed by atoms with van der Waals surface area (Å²) in [4.78, 5) is 26.9. The van der Waals surface area contributed by atoms with Gasteiger partial charge in [0, 0.05) is 41.4 Å². The van der Waals surface area contributed by atoms with Gasteiger partial charge in [0.15, 0.2) is 0 Å². The molecular formula is C22H26N4O3S. The fraction of sp³-hybridized carbons (Fsp3) is 0.364. The van der Waals surface area contributed by atoms with E-state index in [0.29, 0.717) is 23.4 Å². The Morgan fingerprint density at radius 1 is 1.20 bits per heavy atom. The highest BCUT2D eigenvalue weighted by Gasteiger charge is 2.14. The lowest BCUT2D eigenvalue weighted by atomic mass is 10.1. The third kappa shape index (κ3) is 5.84. The highest BCUT2D eigenvalue weighted by molar-refractivity contribution is 7.15. The van der Waals surface area contributed by atoms with Gasteiger partial charge in [-0.1, -0.05) is 6.92 Å². The summed E-state index contributed by atoms with van der Waals surface area (Å²) in [5.74, 6) is 0.341. The number of amides is 1. The smallest absolute Gasteiger partial charge is 0.251 e. The number of aliphatic hydroxyl groups excluding tert-OH is 1. The highest BCUT2D eigenvalue weighted by Crippen LogP contribution is 2.30. The van der Waals surface area contributed by atoms with Crippen molar-refractivity contribution in [2.24, 2.45) is 0 Å². The van der Waals surface area contributed by atoms with Crippen molar-refractivity contribution >= 4 is 17.2 Å². The topological polar surface area (TPSA) is 97.2 Å². The van der Waals surface area contributed by atoms with Crippen molar-refractivity contribution in [3.05, 3.63) is 58.6 Å². The molecule has 8 heteroatoms. The normalized spacial score (nSPS) is 11.9. The van der Waals surface area contributed by atoms with Crippen LogP contribution in [0.1, 0.15) is 46.9 Å². The molecule has 0 aliphatic heterocycles. The minimum Gasteiger partial charge on any atom is -0.491 e. The standard InChI is InChI=1S/C22H26N4O3S/c1-4-20-13-26-22(30-20)17-7-16(8-19(9-17)29-15(3)5-6-27)21(28)25-12-18-11-23-14(2)10-24-18/h7-11,13,15,27H,4-6,12H2,1-3H3,(H,25,28)/t15-/m1/s1. The average molecular weight is 427 g/mol. The molecule has 3 aromatic rings. The third-order valence-corrected chi connectivity index (χ3v) is 5.65. The number of carbonyl (C=O) groups excluding carboxylic acids is 1. The molecule has 2 N–H and O–H groups in total. The van der Waals surface area contributed by atoms with Crippen LogP contribution in [0.2, 0.25) is 0 Å². The summed E-state index contributed by atoms with van der Waals surface area (Å²) in [6.07, 6.45) is 6.43. The number of aromatic nitrogens is 3. The maximum Gasteiger partial charge on any atom is 0.251 e. The van der Waals surface area contributed by atoms with Crippen LogP contribution in [0.4, 0.5) is 0 Å². The lowest BCUT2D eigenvalue weighted by Crippen LogP contribution is -2.23. The monoisotopic (exact) mass is 426 g/mol. The number of aryl methyl sites for hydroxylation is 2. The molecule has 0 aliphatic carbocycles. The van der Waals surface area contributed by atoms with Crippen molar-refractivity contribution in [3.8, 4) is 16.3 Å². The van der Waals surface area contributed by atoms with Crippen LogP contribution >= 0.6 is 11.3 Å². The van der Waals surface area contributed by atoms with Gasteiger partial charge >= 0.3 is 0 Å². The van der Waals surface area contributed by atoms with E-state index in [2.05, 4.69) is 27.2 Å². The van der Waals surface area contributed by atoms with Crippen LogP contribution in [0, 0.1) is 6.92 Å². The van der Waals surface area contributed by atoms with Gasteiger partial charge in [0.05, 0.1) is 30.2 Å². The van der Waals surface area contributed by atoms with Crippen LogP contribution in [0.3, 0.4) is 0 Å². The largest absolute Gasteiger partial charge is 0.491 e. The molecule has 0 saturated heterocycles. The summed E-state index contributed by atoms with van der Waals surface area (Å²) in [6, 6.07) is 5.41. The molecule has 0 fully saturated rings. The molecule has 1 amide bonds. The number of nitrogens with zero attached hydrogens (tertiary/aromatic N) is 3. The lowest BCUT2D eigenvalue weighted by Gasteiger charge is -2.15. The number of benzene rings is 1. The van der Waals surface area contributed by atoms with Gasteiger partial charge < -0.3 is 15.2 Å². The Labute approximate surface area is 180 Å². The van der Waals surface area contributed by atoms with Crippen LogP contribution in [0.5, 0.6) is 5.75 Å². The molecule has 7 nitrogen and oxygen atoms in total. The predicted molar refractivity (Wildman–Crippen MR) is 117 cm³/mol.